The Labute approximate surface area is 144 Å². The van der Waals surface area contributed by atoms with Crippen LogP contribution in [0.5, 0.6) is 0 Å². The fraction of sp³-hybridized carbons (Fsp3) is 0.200. The number of nitrogens with one attached hydrogen (secondary N) is 2. The number of halogens is 3. The van der Waals surface area contributed by atoms with E-state index in [-0.39, 0.29) is 17.3 Å². The Morgan fingerprint density at radius 3 is 2.54 bits per heavy atom. The molecule has 0 aliphatic carbocycles. The number of anilines is 2. The fourth-order valence-corrected chi connectivity index (χ4v) is 2.16. The molecule has 1 aromatic carbocycles. The summed E-state index contributed by atoms with van der Waals surface area (Å²) in [6, 6.07) is 4.40. The third-order valence-electron chi connectivity index (χ3n) is 3.36. The first-order valence-electron chi connectivity index (χ1n) is 7.43. The van der Waals surface area contributed by atoms with Crippen LogP contribution in [-0.4, -0.2) is 26.7 Å². The summed E-state index contributed by atoms with van der Waals surface area (Å²) >= 11 is 0. The molecule has 0 amide bonds. The van der Waals surface area contributed by atoms with Gasteiger partial charge in [-0.3, -0.25) is 9.51 Å². The lowest BCUT2D eigenvalue weighted by atomic mass is 10.2. The number of benzene rings is 1. The lowest BCUT2D eigenvalue weighted by Gasteiger charge is -2.11. The number of H-pyrrole nitrogens is 1. The van der Waals surface area contributed by atoms with Crippen LogP contribution in [0.1, 0.15) is 11.3 Å². The monoisotopic (exact) mass is 366 g/mol. The molecule has 136 valence electrons. The van der Waals surface area contributed by atoms with E-state index in [1.54, 1.807) is 0 Å². The Kier molecular flexibility index (Phi) is 4.71. The quantitative estimate of drug-likeness (QED) is 0.632. The summed E-state index contributed by atoms with van der Waals surface area (Å²) in [5.41, 5.74) is 5.82. The molecule has 8 nitrogen and oxygen atoms in total. The van der Waals surface area contributed by atoms with E-state index in [4.69, 9.17) is 5.73 Å². The number of nitrogens with two attached hydrogens (primary N) is 1. The maximum atomic E-state index is 12.6. The number of aromatic amines is 1. The Morgan fingerprint density at radius 2 is 1.96 bits per heavy atom. The Morgan fingerprint density at radius 1 is 1.23 bits per heavy atom. The molecule has 26 heavy (non-hydrogen) atoms. The van der Waals surface area contributed by atoms with Crippen molar-refractivity contribution in [3.05, 3.63) is 52.3 Å². The number of alkyl halides is 3. The van der Waals surface area contributed by atoms with Crippen LogP contribution < -0.4 is 16.8 Å². The minimum Gasteiger partial charge on any atom is -0.338 e. The van der Waals surface area contributed by atoms with Crippen LogP contribution in [0, 0.1) is 0 Å². The average molecular weight is 366 g/mol. The van der Waals surface area contributed by atoms with Crippen LogP contribution in [0.15, 0.2) is 39.8 Å². The van der Waals surface area contributed by atoms with Crippen molar-refractivity contribution in [3.8, 4) is 11.5 Å². The van der Waals surface area contributed by atoms with Crippen LogP contribution in [0.3, 0.4) is 0 Å². The smallest absolute Gasteiger partial charge is 0.338 e. The van der Waals surface area contributed by atoms with Gasteiger partial charge in [0.1, 0.15) is 0 Å². The summed E-state index contributed by atoms with van der Waals surface area (Å²) in [5, 5.41) is 6.42. The first-order chi connectivity index (χ1) is 12.4. The minimum absolute atomic E-state index is 0.0378. The molecule has 0 aliphatic rings. The molecule has 0 radical (unpaired) electrons. The van der Waals surface area contributed by atoms with Crippen LogP contribution >= 0.6 is 0 Å². The Hall–Kier alpha value is -3.21. The normalized spacial score (nSPS) is 11.5. The molecule has 0 bridgehead atoms. The van der Waals surface area contributed by atoms with Gasteiger partial charge in [0, 0.05) is 12.1 Å². The predicted molar refractivity (Wildman–Crippen MR) is 85.6 cm³/mol. The van der Waals surface area contributed by atoms with Gasteiger partial charge in [-0.05, 0) is 30.8 Å². The Bertz CT molecular complexity index is 949. The molecule has 2 heterocycles. The summed E-state index contributed by atoms with van der Waals surface area (Å²) < 4.78 is 42.4. The third-order valence-corrected chi connectivity index (χ3v) is 3.36. The van der Waals surface area contributed by atoms with Crippen molar-refractivity contribution in [2.75, 3.05) is 11.9 Å². The number of rotatable bonds is 5. The number of nitrogens with zero attached hydrogens (tertiary/aromatic N) is 3. The molecule has 3 rings (SSSR count). The second-order valence-electron chi connectivity index (χ2n) is 5.24. The first kappa shape index (κ1) is 17.6. The third kappa shape index (κ3) is 3.88. The van der Waals surface area contributed by atoms with E-state index < -0.39 is 17.5 Å². The number of hydrogen-bond donors (Lipinski definition) is 3. The SMILES string of the molecule is NCCc1cnc(Nc2ccc(C(F)(F)F)cc2)c(-c2noc(=O)[nH]2)n1. The number of aromatic nitrogens is 4. The van der Waals surface area contributed by atoms with E-state index in [1.165, 1.54) is 18.3 Å². The van der Waals surface area contributed by atoms with Gasteiger partial charge in [0.25, 0.3) is 0 Å². The predicted octanol–water partition coefficient (Wildman–Crippen LogP) is 2.08. The van der Waals surface area contributed by atoms with Crippen molar-refractivity contribution in [3.63, 3.8) is 0 Å². The standard InChI is InChI=1S/C15H13F3N6O2/c16-15(17,18)8-1-3-9(4-2-8)22-12-11(13-23-14(25)26-24-13)21-10(5-6-19)7-20-12/h1-4,7H,5-6,19H2,(H,20,22)(H,23,24,25). The maximum Gasteiger partial charge on any atom is 0.439 e. The fourth-order valence-electron chi connectivity index (χ4n) is 2.16. The van der Waals surface area contributed by atoms with Crippen molar-refractivity contribution >= 4 is 11.5 Å². The van der Waals surface area contributed by atoms with E-state index >= 15 is 0 Å². The van der Waals surface area contributed by atoms with Crippen molar-refractivity contribution < 1.29 is 17.7 Å². The van der Waals surface area contributed by atoms with E-state index in [0.717, 1.165) is 12.1 Å². The van der Waals surface area contributed by atoms with Gasteiger partial charge in [-0.15, -0.1) is 0 Å². The van der Waals surface area contributed by atoms with Crippen molar-refractivity contribution in [1.82, 2.24) is 20.1 Å². The summed E-state index contributed by atoms with van der Waals surface area (Å²) in [5.74, 6) is -0.544. The minimum atomic E-state index is -4.42. The highest BCUT2D eigenvalue weighted by atomic mass is 19.4. The lowest BCUT2D eigenvalue weighted by Crippen LogP contribution is -2.08. The molecule has 0 saturated heterocycles. The van der Waals surface area contributed by atoms with Gasteiger partial charge in [0.05, 0.1) is 17.5 Å². The average Bonchev–Trinajstić information content (AvgIpc) is 3.02. The molecular weight excluding hydrogens is 353 g/mol. The highest BCUT2D eigenvalue weighted by Gasteiger charge is 2.30. The summed E-state index contributed by atoms with van der Waals surface area (Å²) in [6.45, 7) is 0.342. The molecule has 3 aromatic rings. The molecule has 0 fully saturated rings. The van der Waals surface area contributed by atoms with Gasteiger partial charge in [0.2, 0.25) is 5.82 Å². The first-order valence-corrected chi connectivity index (χ1v) is 7.43. The van der Waals surface area contributed by atoms with E-state index in [2.05, 4.69) is 29.9 Å². The van der Waals surface area contributed by atoms with Crippen LogP contribution in [-0.2, 0) is 12.6 Å². The van der Waals surface area contributed by atoms with E-state index in [0.29, 0.717) is 24.3 Å². The zero-order valence-corrected chi connectivity index (χ0v) is 13.2. The van der Waals surface area contributed by atoms with Gasteiger partial charge in [0.15, 0.2) is 11.5 Å². The second kappa shape index (κ2) is 6.96. The number of hydrogen-bond acceptors (Lipinski definition) is 7. The molecule has 0 saturated carbocycles. The molecule has 4 N–H and O–H groups in total. The van der Waals surface area contributed by atoms with E-state index in [9.17, 15) is 18.0 Å². The molecule has 0 atom stereocenters. The molecule has 2 aromatic heterocycles. The van der Waals surface area contributed by atoms with Gasteiger partial charge >= 0.3 is 11.9 Å². The van der Waals surface area contributed by atoms with E-state index in [1.807, 2.05) is 0 Å². The van der Waals surface area contributed by atoms with Gasteiger partial charge in [-0.25, -0.2) is 14.8 Å². The Balaban J connectivity index is 1.95. The molecule has 11 heteroatoms. The van der Waals surface area contributed by atoms with Gasteiger partial charge in [-0.2, -0.15) is 13.2 Å². The highest BCUT2D eigenvalue weighted by Crippen LogP contribution is 2.31. The summed E-state index contributed by atoms with van der Waals surface area (Å²) in [4.78, 5) is 22.1. The van der Waals surface area contributed by atoms with Crippen molar-refractivity contribution in [2.24, 2.45) is 5.73 Å². The van der Waals surface area contributed by atoms with Crippen molar-refractivity contribution in [2.45, 2.75) is 12.6 Å². The molecular formula is C15H13F3N6O2. The molecule has 0 aliphatic heterocycles. The topological polar surface area (TPSA) is 123 Å². The van der Waals surface area contributed by atoms with Crippen LogP contribution in [0.4, 0.5) is 24.7 Å². The van der Waals surface area contributed by atoms with Gasteiger partial charge < -0.3 is 11.1 Å². The summed E-state index contributed by atoms with van der Waals surface area (Å²) in [6.07, 6.45) is -2.50. The second-order valence-corrected chi connectivity index (χ2v) is 5.24. The zero-order chi connectivity index (χ0) is 18.7. The zero-order valence-electron chi connectivity index (χ0n) is 13.2. The molecule has 0 unspecified atom stereocenters. The van der Waals surface area contributed by atoms with Crippen LogP contribution in [0.25, 0.3) is 11.5 Å². The maximum absolute atomic E-state index is 12.6. The van der Waals surface area contributed by atoms with Crippen molar-refractivity contribution in [1.29, 1.82) is 0 Å². The summed E-state index contributed by atoms with van der Waals surface area (Å²) in [7, 11) is 0. The van der Waals surface area contributed by atoms with Gasteiger partial charge in [-0.1, -0.05) is 5.16 Å². The van der Waals surface area contributed by atoms with Crippen LogP contribution in [0.2, 0.25) is 0 Å². The lowest BCUT2D eigenvalue weighted by molar-refractivity contribution is -0.137. The largest absolute Gasteiger partial charge is 0.439 e. The highest BCUT2D eigenvalue weighted by molar-refractivity contribution is 5.70. The molecule has 0 spiro atoms.